The number of hydroxylamine groups is 1. The summed E-state index contributed by atoms with van der Waals surface area (Å²) in [5.74, 6) is -2.59. The first kappa shape index (κ1) is 24.1. The number of methoxy groups -OCH3 is 1. The Morgan fingerprint density at radius 1 is 0.871 bits per heavy atom. The minimum atomic E-state index is -1.07. The maximum absolute atomic E-state index is 13.0. The molecule has 166 valence electrons. The monoisotopic (exact) mass is 426 g/mol. The molecule has 2 aromatic carbocycles. The van der Waals surface area contributed by atoms with Crippen LogP contribution in [0.3, 0.4) is 0 Å². The Labute approximate surface area is 183 Å². The molecule has 0 aromatic heterocycles. The van der Waals surface area contributed by atoms with Crippen molar-refractivity contribution < 1.29 is 24.0 Å². The van der Waals surface area contributed by atoms with E-state index in [1.54, 1.807) is 0 Å². The number of benzene rings is 2. The van der Waals surface area contributed by atoms with Crippen LogP contribution in [0.5, 0.6) is 0 Å². The molecule has 0 heterocycles. The van der Waals surface area contributed by atoms with Crippen molar-refractivity contribution in [1.82, 2.24) is 10.8 Å². The fourth-order valence-corrected chi connectivity index (χ4v) is 3.09. The highest BCUT2D eigenvalue weighted by Crippen LogP contribution is 2.13. The van der Waals surface area contributed by atoms with Crippen molar-refractivity contribution >= 4 is 17.8 Å². The summed E-state index contributed by atoms with van der Waals surface area (Å²) in [4.78, 5) is 43.2. The Morgan fingerprint density at radius 2 is 1.45 bits per heavy atom. The third kappa shape index (κ3) is 8.22. The van der Waals surface area contributed by atoms with Crippen LogP contribution < -0.4 is 10.8 Å². The summed E-state index contributed by atoms with van der Waals surface area (Å²) in [6.45, 7) is 4.05. The predicted molar refractivity (Wildman–Crippen MR) is 116 cm³/mol. The highest BCUT2D eigenvalue weighted by molar-refractivity contribution is 6.01. The van der Waals surface area contributed by atoms with Gasteiger partial charge in [-0.2, -0.15) is 0 Å². The first-order chi connectivity index (χ1) is 14.9. The Kier molecular flexibility index (Phi) is 9.71. The Hall–Kier alpha value is -3.19. The lowest BCUT2D eigenvalue weighted by molar-refractivity contribution is -0.149. The molecule has 31 heavy (non-hydrogen) atoms. The molecule has 0 radical (unpaired) electrons. The molecule has 0 spiro atoms. The first-order valence-electron chi connectivity index (χ1n) is 10.3. The van der Waals surface area contributed by atoms with Gasteiger partial charge in [0.25, 0.3) is 5.91 Å². The Balaban J connectivity index is 2.09. The average Bonchev–Trinajstić information content (AvgIpc) is 2.77. The summed E-state index contributed by atoms with van der Waals surface area (Å²) >= 11 is 0. The number of rotatable bonds is 11. The van der Waals surface area contributed by atoms with E-state index in [9.17, 15) is 14.4 Å². The van der Waals surface area contributed by atoms with Gasteiger partial charge in [0.15, 0.2) is 0 Å². The van der Waals surface area contributed by atoms with Crippen molar-refractivity contribution in [2.75, 3.05) is 7.11 Å². The van der Waals surface area contributed by atoms with Gasteiger partial charge in [-0.3, -0.25) is 14.4 Å². The van der Waals surface area contributed by atoms with Gasteiger partial charge in [-0.15, -0.1) is 0 Å². The van der Waals surface area contributed by atoms with E-state index in [0.717, 1.165) is 11.1 Å². The lowest BCUT2D eigenvalue weighted by atomic mass is 9.96. The zero-order valence-electron chi connectivity index (χ0n) is 18.2. The molecule has 2 amide bonds. The van der Waals surface area contributed by atoms with Crippen molar-refractivity contribution in [3.63, 3.8) is 0 Å². The third-order valence-electron chi connectivity index (χ3n) is 4.68. The van der Waals surface area contributed by atoms with Gasteiger partial charge in [0.1, 0.15) is 12.0 Å². The first-order valence-corrected chi connectivity index (χ1v) is 10.3. The fourth-order valence-electron chi connectivity index (χ4n) is 3.09. The number of amides is 2. The Bertz CT molecular complexity index is 840. The smallest absolute Gasteiger partial charge is 0.328 e. The molecule has 2 atom stereocenters. The molecule has 0 bridgehead atoms. The van der Waals surface area contributed by atoms with Gasteiger partial charge < -0.3 is 10.1 Å². The standard InChI is InChI=1S/C24H30N2O5/c1-17(2)14-21(24(29)30-3)25-22(27)20(15-18-10-6-4-7-11-18)23(28)26-31-16-19-12-8-5-9-13-19/h4-13,17,20-21H,14-16H2,1-3H3,(H,25,27)(H,26,28)/t20?,21-/m1/s1. The molecule has 0 aliphatic rings. The SMILES string of the molecule is COC(=O)[C@@H](CC(C)C)NC(=O)C(Cc1ccccc1)C(=O)NOCc1ccccc1. The quantitative estimate of drug-likeness (QED) is 0.327. The van der Waals surface area contributed by atoms with E-state index in [1.807, 2.05) is 74.5 Å². The average molecular weight is 427 g/mol. The molecule has 0 saturated carbocycles. The van der Waals surface area contributed by atoms with Gasteiger partial charge in [-0.05, 0) is 29.9 Å². The molecule has 2 aromatic rings. The van der Waals surface area contributed by atoms with Crippen molar-refractivity contribution in [1.29, 1.82) is 0 Å². The van der Waals surface area contributed by atoms with E-state index >= 15 is 0 Å². The topological polar surface area (TPSA) is 93.7 Å². The van der Waals surface area contributed by atoms with Crippen LogP contribution in [0.15, 0.2) is 60.7 Å². The molecule has 0 aliphatic carbocycles. The maximum Gasteiger partial charge on any atom is 0.328 e. The largest absolute Gasteiger partial charge is 0.467 e. The highest BCUT2D eigenvalue weighted by atomic mass is 16.6. The third-order valence-corrected chi connectivity index (χ3v) is 4.68. The van der Waals surface area contributed by atoms with Gasteiger partial charge in [0, 0.05) is 0 Å². The summed E-state index contributed by atoms with van der Waals surface area (Å²) in [5, 5.41) is 2.68. The van der Waals surface area contributed by atoms with Crippen LogP contribution in [-0.2, 0) is 37.0 Å². The number of ether oxygens (including phenoxy) is 1. The van der Waals surface area contributed by atoms with Gasteiger partial charge >= 0.3 is 5.97 Å². The fraction of sp³-hybridized carbons (Fsp3) is 0.375. The molecular weight excluding hydrogens is 396 g/mol. The lowest BCUT2D eigenvalue weighted by Crippen LogP contribution is -2.49. The molecule has 0 fully saturated rings. The number of esters is 1. The summed E-state index contributed by atoms with van der Waals surface area (Å²) in [6, 6.07) is 17.7. The van der Waals surface area contributed by atoms with Gasteiger partial charge in [0.05, 0.1) is 13.7 Å². The molecule has 7 nitrogen and oxygen atoms in total. The normalized spacial score (nSPS) is 12.6. The molecule has 1 unspecified atom stereocenters. The second-order valence-corrected chi connectivity index (χ2v) is 7.70. The predicted octanol–water partition coefficient (Wildman–Crippen LogP) is 2.80. The van der Waals surface area contributed by atoms with Crippen LogP contribution in [0.2, 0.25) is 0 Å². The second-order valence-electron chi connectivity index (χ2n) is 7.70. The van der Waals surface area contributed by atoms with E-state index in [0.29, 0.717) is 6.42 Å². The minimum Gasteiger partial charge on any atom is -0.467 e. The summed E-state index contributed by atoms with van der Waals surface area (Å²) in [7, 11) is 1.27. The molecule has 2 N–H and O–H groups in total. The zero-order chi connectivity index (χ0) is 22.6. The molecule has 7 heteroatoms. The number of nitrogens with one attached hydrogen (secondary N) is 2. The van der Waals surface area contributed by atoms with E-state index in [2.05, 4.69) is 10.8 Å². The second kappa shape index (κ2) is 12.5. The number of hydrogen-bond acceptors (Lipinski definition) is 5. The molecular formula is C24H30N2O5. The maximum atomic E-state index is 13.0. The van der Waals surface area contributed by atoms with Crippen molar-refractivity contribution in [3.8, 4) is 0 Å². The van der Waals surface area contributed by atoms with Crippen LogP contribution in [0.4, 0.5) is 0 Å². The summed E-state index contributed by atoms with van der Waals surface area (Å²) in [5.41, 5.74) is 4.08. The highest BCUT2D eigenvalue weighted by Gasteiger charge is 2.31. The van der Waals surface area contributed by atoms with Crippen LogP contribution in [-0.4, -0.2) is 30.9 Å². The summed E-state index contributed by atoms with van der Waals surface area (Å²) < 4.78 is 4.81. The van der Waals surface area contributed by atoms with Crippen LogP contribution in [0, 0.1) is 11.8 Å². The van der Waals surface area contributed by atoms with E-state index in [-0.39, 0.29) is 18.9 Å². The van der Waals surface area contributed by atoms with E-state index in [4.69, 9.17) is 9.57 Å². The van der Waals surface area contributed by atoms with Crippen LogP contribution >= 0.6 is 0 Å². The number of hydrogen-bond donors (Lipinski definition) is 2. The van der Waals surface area contributed by atoms with Gasteiger partial charge in [-0.25, -0.2) is 10.3 Å². The van der Waals surface area contributed by atoms with Crippen LogP contribution in [0.1, 0.15) is 31.4 Å². The van der Waals surface area contributed by atoms with Crippen molar-refractivity contribution in [2.24, 2.45) is 11.8 Å². The van der Waals surface area contributed by atoms with E-state index < -0.39 is 29.7 Å². The Morgan fingerprint density at radius 3 is 2.00 bits per heavy atom. The minimum absolute atomic E-state index is 0.153. The summed E-state index contributed by atoms with van der Waals surface area (Å²) in [6.07, 6.45) is 0.575. The lowest BCUT2D eigenvalue weighted by Gasteiger charge is -2.22. The molecule has 0 aliphatic heterocycles. The van der Waals surface area contributed by atoms with E-state index in [1.165, 1.54) is 7.11 Å². The number of carbonyl (C=O) groups excluding carboxylic acids is 3. The molecule has 2 rings (SSSR count). The van der Waals surface area contributed by atoms with Gasteiger partial charge in [0.2, 0.25) is 5.91 Å². The van der Waals surface area contributed by atoms with Crippen molar-refractivity contribution in [3.05, 3.63) is 71.8 Å². The van der Waals surface area contributed by atoms with Crippen molar-refractivity contribution in [2.45, 2.75) is 39.3 Å². The zero-order valence-corrected chi connectivity index (χ0v) is 18.2. The van der Waals surface area contributed by atoms with Gasteiger partial charge in [-0.1, -0.05) is 74.5 Å². The van der Waals surface area contributed by atoms with Crippen LogP contribution in [0.25, 0.3) is 0 Å². The number of carbonyl (C=O) groups is 3. The molecule has 0 saturated heterocycles.